The molecule has 3 aromatic carbocycles. The van der Waals surface area contributed by atoms with Crippen molar-refractivity contribution in [2.24, 2.45) is 0 Å². The second-order valence-corrected chi connectivity index (χ2v) is 9.53. The lowest BCUT2D eigenvalue weighted by Gasteiger charge is -2.28. The maximum atomic E-state index is 13.7. The van der Waals surface area contributed by atoms with Crippen LogP contribution in [0.15, 0.2) is 117 Å². The standard InChI is InChI=1S/C26H18O2S2/c27-25-19-13-7-15-21(29-17-9-3-1-4-10-17)23(19)26(28)24-20(25)14-8-16-22(24)30-18-11-5-2-6-12-18/h1-15,22H,16H2. The highest BCUT2D eigenvalue weighted by atomic mass is 32.2. The largest absolute Gasteiger partial charge is 0.289 e. The number of Topliss-reactive ketones (excluding diaryl/α,β-unsaturated/α-hetero) is 2. The molecular weight excluding hydrogens is 408 g/mol. The number of benzene rings is 3. The van der Waals surface area contributed by atoms with Gasteiger partial charge in [0.1, 0.15) is 0 Å². The first-order chi connectivity index (χ1) is 14.7. The number of carbonyl (C=O) groups excluding carboxylic acids is 2. The molecule has 2 aliphatic rings. The molecular formula is C26H18O2S2. The van der Waals surface area contributed by atoms with Gasteiger partial charge >= 0.3 is 0 Å². The Morgan fingerprint density at radius 3 is 2.17 bits per heavy atom. The Balaban J connectivity index is 1.57. The number of hydrogen-bond acceptors (Lipinski definition) is 4. The Bertz CT molecular complexity index is 1190. The van der Waals surface area contributed by atoms with Gasteiger partial charge in [0.2, 0.25) is 0 Å². The summed E-state index contributed by atoms with van der Waals surface area (Å²) in [4.78, 5) is 30.0. The van der Waals surface area contributed by atoms with E-state index in [9.17, 15) is 9.59 Å². The first-order valence-electron chi connectivity index (χ1n) is 9.80. The average molecular weight is 427 g/mol. The van der Waals surface area contributed by atoms with E-state index in [1.54, 1.807) is 17.8 Å². The van der Waals surface area contributed by atoms with E-state index < -0.39 is 0 Å². The molecule has 2 nitrogen and oxygen atoms in total. The van der Waals surface area contributed by atoms with Crippen LogP contribution in [-0.4, -0.2) is 16.8 Å². The van der Waals surface area contributed by atoms with Crippen molar-refractivity contribution in [2.75, 3.05) is 0 Å². The third-order valence-electron chi connectivity index (χ3n) is 5.23. The van der Waals surface area contributed by atoms with Gasteiger partial charge in [0.05, 0.1) is 0 Å². The minimum absolute atomic E-state index is 0.0172. The lowest BCUT2D eigenvalue weighted by molar-refractivity contribution is 0.0972. The van der Waals surface area contributed by atoms with Gasteiger partial charge in [-0.25, -0.2) is 0 Å². The summed E-state index contributed by atoms with van der Waals surface area (Å²) in [5.41, 5.74) is 2.25. The van der Waals surface area contributed by atoms with Gasteiger partial charge in [-0.05, 0) is 36.8 Å². The van der Waals surface area contributed by atoms with Crippen LogP contribution >= 0.6 is 23.5 Å². The van der Waals surface area contributed by atoms with E-state index in [1.165, 1.54) is 11.8 Å². The van der Waals surface area contributed by atoms with Crippen LogP contribution in [0.1, 0.15) is 27.1 Å². The molecule has 0 N–H and O–H groups in total. The Kier molecular flexibility index (Phi) is 5.19. The van der Waals surface area contributed by atoms with Crippen molar-refractivity contribution in [1.82, 2.24) is 0 Å². The molecule has 30 heavy (non-hydrogen) atoms. The first-order valence-corrected chi connectivity index (χ1v) is 11.5. The van der Waals surface area contributed by atoms with E-state index >= 15 is 0 Å². The molecule has 146 valence electrons. The number of hydrogen-bond donors (Lipinski definition) is 0. The highest BCUT2D eigenvalue weighted by molar-refractivity contribution is 8.00. The molecule has 1 unspecified atom stereocenters. The fourth-order valence-corrected chi connectivity index (χ4v) is 6.06. The third-order valence-corrected chi connectivity index (χ3v) is 7.55. The molecule has 5 rings (SSSR count). The molecule has 2 aliphatic carbocycles. The average Bonchev–Trinajstić information content (AvgIpc) is 2.79. The van der Waals surface area contributed by atoms with Crippen LogP contribution < -0.4 is 0 Å². The molecule has 0 aromatic heterocycles. The number of ketones is 2. The van der Waals surface area contributed by atoms with Crippen molar-refractivity contribution in [3.05, 3.63) is 113 Å². The fourth-order valence-electron chi connectivity index (χ4n) is 3.86. The Labute approximate surface area is 184 Å². The number of thioether (sulfide) groups is 1. The molecule has 0 aliphatic heterocycles. The summed E-state index contributed by atoms with van der Waals surface area (Å²) >= 11 is 3.18. The van der Waals surface area contributed by atoms with E-state index in [0.717, 1.165) is 21.1 Å². The van der Waals surface area contributed by atoms with Gasteiger partial charge in [0.15, 0.2) is 11.6 Å². The van der Waals surface area contributed by atoms with Gasteiger partial charge < -0.3 is 0 Å². The van der Waals surface area contributed by atoms with Gasteiger partial charge in [-0.2, -0.15) is 0 Å². The number of rotatable bonds is 4. The lowest BCUT2D eigenvalue weighted by atomic mass is 9.80. The van der Waals surface area contributed by atoms with Gasteiger partial charge in [-0.1, -0.05) is 72.4 Å². The Hall–Kier alpha value is -2.82. The third kappa shape index (κ3) is 3.47. The summed E-state index contributed by atoms with van der Waals surface area (Å²) in [5, 5.41) is -0.0632. The molecule has 0 amide bonds. The van der Waals surface area contributed by atoms with Crippen LogP contribution in [0, 0.1) is 0 Å². The van der Waals surface area contributed by atoms with Crippen molar-refractivity contribution in [3.8, 4) is 0 Å². The quantitative estimate of drug-likeness (QED) is 0.469. The van der Waals surface area contributed by atoms with Gasteiger partial charge in [-0.15, -0.1) is 11.8 Å². The smallest absolute Gasteiger partial charge is 0.194 e. The van der Waals surface area contributed by atoms with Gasteiger partial charge in [0.25, 0.3) is 0 Å². The molecule has 0 fully saturated rings. The van der Waals surface area contributed by atoms with Crippen molar-refractivity contribution >= 4 is 35.1 Å². The van der Waals surface area contributed by atoms with E-state index in [1.807, 2.05) is 84.9 Å². The Morgan fingerprint density at radius 1 is 0.733 bits per heavy atom. The Morgan fingerprint density at radius 2 is 1.43 bits per heavy atom. The van der Waals surface area contributed by atoms with Crippen molar-refractivity contribution in [3.63, 3.8) is 0 Å². The fraction of sp³-hybridized carbons (Fsp3) is 0.0769. The molecule has 1 atom stereocenters. The zero-order chi connectivity index (χ0) is 20.5. The van der Waals surface area contributed by atoms with Crippen LogP contribution in [0.4, 0.5) is 0 Å². The van der Waals surface area contributed by atoms with Crippen LogP contribution in [0.25, 0.3) is 0 Å². The molecule has 3 aromatic rings. The molecule has 0 radical (unpaired) electrons. The van der Waals surface area contributed by atoms with Crippen LogP contribution in [0.2, 0.25) is 0 Å². The number of allylic oxidation sites excluding steroid dienone is 3. The molecule has 0 bridgehead atoms. The predicted octanol–water partition coefficient (Wildman–Crippen LogP) is 6.63. The van der Waals surface area contributed by atoms with E-state index in [4.69, 9.17) is 0 Å². The number of fused-ring (bicyclic) bond motifs is 1. The zero-order valence-electron chi connectivity index (χ0n) is 16.1. The summed E-state index contributed by atoms with van der Waals surface area (Å²) in [6, 6.07) is 25.6. The van der Waals surface area contributed by atoms with Crippen molar-refractivity contribution in [1.29, 1.82) is 0 Å². The molecule has 0 spiro atoms. The minimum Gasteiger partial charge on any atom is -0.289 e. The summed E-state index contributed by atoms with van der Waals surface area (Å²) in [7, 11) is 0. The second-order valence-electron chi connectivity index (χ2n) is 7.14. The predicted molar refractivity (Wildman–Crippen MR) is 123 cm³/mol. The van der Waals surface area contributed by atoms with Crippen molar-refractivity contribution < 1.29 is 9.59 Å². The van der Waals surface area contributed by atoms with Gasteiger partial charge in [-0.3, -0.25) is 9.59 Å². The molecule has 4 heteroatoms. The summed E-state index contributed by atoms with van der Waals surface area (Å²) < 4.78 is 0. The van der Waals surface area contributed by atoms with Crippen molar-refractivity contribution in [2.45, 2.75) is 26.4 Å². The summed E-state index contributed by atoms with van der Waals surface area (Å²) in [6.07, 6.45) is 4.58. The van der Waals surface area contributed by atoms with E-state index in [-0.39, 0.29) is 16.8 Å². The minimum atomic E-state index is -0.0632. The maximum absolute atomic E-state index is 13.7. The van der Waals surface area contributed by atoms with E-state index in [0.29, 0.717) is 22.3 Å². The first kappa shape index (κ1) is 19.2. The topological polar surface area (TPSA) is 34.1 Å². The summed E-state index contributed by atoms with van der Waals surface area (Å²) in [5.74, 6) is -0.0684. The highest BCUT2D eigenvalue weighted by Crippen LogP contribution is 2.43. The monoisotopic (exact) mass is 426 g/mol. The SMILES string of the molecule is O=C1C2=C(C(=O)c3c(Sc4ccccc4)cccc31)C(Sc1ccccc1)CC=C2. The van der Waals surface area contributed by atoms with E-state index in [2.05, 4.69) is 0 Å². The second kappa shape index (κ2) is 8.13. The van der Waals surface area contributed by atoms with Crippen LogP contribution in [0.5, 0.6) is 0 Å². The molecule has 0 saturated carbocycles. The maximum Gasteiger partial charge on any atom is 0.194 e. The zero-order valence-corrected chi connectivity index (χ0v) is 17.7. The van der Waals surface area contributed by atoms with Crippen LogP contribution in [-0.2, 0) is 0 Å². The highest BCUT2D eigenvalue weighted by Gasteiger charge is 2.38. The lowest BCUT2D eigenvalue weighted by Crippen LogP contribution is -2.29. The van der Waals surface area contributed by atoms with Crippen LogP contribution in [0.3, 0.4) is 0 Å². The number of carbonyl (C=O) groups is 2. The normalized spacial score (nSPS) is 17.7. The molecule has 0 saturated heterocycles. The summed E-state index contributed by atoms with van der Waals surface area (Å²) in [6.45, 7) is 0. The van der Waals surface area contributed by atoms with Gasteiger partial charge in [0, 0.05) is 42.2 Å². The molecule has 0 heterocycles.